The van der Waals surface area contributed by atoms with Crippen LogP contribution in [0.25, 0.3) is 0 Å². The van der Waals surface area contributed by atoms with E-state index in [2.05, 4.69) is 10.2 Å². The molecule has 1 saturated heterocycles. The molecule has 1 N–H and O–H groups in total. The van der Waals surface area contributed by atoms with Crippen molar-refractivity contribution in [2.75, 3.05) is 45.1 Å². The Bertz CT molecular complexity index is 479. The summed E-state index contributed by atoms with van der Waals surface area (Å²) in [6.45, 7) is 3.28. The van der Waals surface area contributed by atoms with Crippen LogP contribution in [0.15, 0.2) is 29.2 Å². The number of halogens is 2. The van der Waals surface area contributed by atoms with E-state index >= 15 is 0 Å². The number of para-hydroxylation sites is 1. The predicted molar refractivity (Wildman–Crippen MR) is 80.9 cm³/mol. The van der Waals surface area contributed by atoms with Crippen molar-refractivity contribution in [2.45, 2.75) is 10.7 Å². The molecule has 21 heavy (non-hydrogen) atoms. The van der Waals surface area contributed by atoms with Crippen molar-refractivity contribution in [1.29, 1.82) is 0 Å². The summed E-state index contributed by atoms with van der Waals surface area (Å²) in [6, 6.07) is 6.80. The van der Waals surface area contributed by atoms with Crippen LogP contribution in [-0.4, -0.2) is 61.2 Å². The van der Waals surface area contributed by atoms with Crippen LogP contribution in [-0.2, 0) is 4.79 Å². The van der Waals surface area contributed by atoms with E-state index in [-0.39, 0.29) is 12.5 Å². The smallest absolute Gasteiger partial charge is 0.288 e. The van der Waals surface area contributed by atoms with Gasteiger partial charge >= 0.3 is 0 Å². The molecule has 0 saturated carbocycles. The highest BCUT2D eigenvalue weighted by molar-refractivity contribution is 7.99. The van der Waals surface area contributed by atoms with Gasteiger partial charge in [0.25, 0.3) is 5.76 Å². The molecular formula is C14H19F2N3OS. The number of rotatable bonds is 5. The molecule has 116 valence electrons. The highest BCUT2D eigenvalue weighted by Crippen LogP contribution is 2.31. The highest BCUT2D eigenvalue weighted by Gasteiger charge is 2.19. The first kappa shape index (κ1) is 16.0. The molecule has 1 aliphatic heterocycles. The van der Waals surface area contributed by atoms with Crippen molar-refractivity contribution in [3.05, 3.63) is 24.3 Å². The van der Waals surface area contributed by atoms with E-state index in [0.717, 1.165) is 13.1 Å². The number of carbonyl (C=O) groups excluding carboxylic acids is 1. The number of thioether (sulfide) groups is 1. The van der Waals surface area contributed by atoms with Crippen LogP contribution in [0.2, 0.25) is 0 Å². The lowest BCUT2D eigenvalue weighted by Gasteiger charge is -2.32. The molecule has 0 atom stereocenters. The molecule has 1 fully saturated rings. The number of benzene rings is 1. The highest BCUT2D eigenvalue weighted by atomic mass is 32.2. The molecule has 1 amide bonds. The average molecular weight is 315 g/mol. The molecule has 7 heteroatoms. The molecular weight excluding hydrogens is 296 g/mol. The van der Waals surface area contributed by atoms with Gasteiger partial charge in [-0.05, 0) is 19.2 Å². The summed E-state index contributed by atoms with van der Waals surface area (Å²) in [4.78, 5) is 16.5. The molecule has 0 aromatic heterocycles. The number of nitrogens with one attached hydrogen (secondary N) is 1. The fourth-order valence-electron chi connectivity index (χ4n) is 2.15. The molecule has 0 radical (unpaired) electrons. The number of alkyl halides is 2. The first-order chi connectivity index (χ1) is 10.1. The molecule has 0 aliphatic carbocycles. The Hall–Kier alpha value is -1.34. The summed E-state index contributed by atoms with van der Waals surface area (Å²) < 4.78 is 25.0. The van der Waals surface area contributed by atoms with Crippen LogP contribution in [0.5, 0.6) is 0 Å². The van der Waals surface area contributed by atoms with Crippen LogP contribution < -0.4 is 5.32 Å². The van der Waals surface area contributed by atoms with E-state index in [0.29, 0.717) is 35.4 Å². The standard InChI is InChI=1S/C14H19F2N3OS/c1-18-6-8-19(9-7-18)13(20)10-17-11-4-2-3-5-12(11)21-14(15)16/h2-5,14,17H,6-10H2,1H3. The zero-order chi connectivity index (χ0) is 15.2. The fraction of sp³-hybridized carbons (Fsp3) is 0.500. The molecule has 2 rings (SSSR count). The van der Waals surface area contributed by atoms with Gasteiger partial charge in [-0.25, -0.2) is 0 Å². The van der Waals surface area contributed by atoms with E-state index in [1.54, 1.807) is 29.2 Å². The zero-order valence-electron chi connectivity index (χ0n) is 11.9. The molecule has 1 aromatic carbocycles. The van der Waals surface area contributed by atoms with Crippen LogP contribution in [0, 0.1) is 0 Å². The summed E-state index contributed by atoms with van der Waals surface area (Å²) in [5.41, 5.74) is 0.574. The number of piperazine rings is 1. The molecule has 1 heterocycles. The van der Waals surface area contributed by atoms with Crippen molar-refractivity contribution < 1.29 is 13.6 Å². The summed E-state index contributed by atoms with van der Waals surface area (Å²) in [5.74, 6) is -2.47. The van der Waals surface area contributed by atoms with Crippen molar-refractivity contribution in [2.24, 2.45) is 0 Å². The van der Waals surface area contributed by atoms with Gasteiger partial charge in [0.2, 0.25) is 5.91 Å². The zero-order valence-corrected chi connectivity index (χ0v) is 12.7. The Morgan fingerprint density at radius 1 is 1.29 bits per heavy atom. The van der Waals surface area contributed by atoms with Crippen LogP contribution >= 0.6 is 11.8 Å². The van der Waals surface area contributed by atoms with Gasteiger partial charge in [-0.2, -0.15) is 8.78 Å². The van der Waals surface area contributed by atoms with E-state index < -0.39 is 5.76 Å². The Morgan fingerprint density at radius 3 is 2.62 bits per heavy atom. The van der Waals surface area contributed by atoms with Crippen molar-refractivity contribution in [1.82, 2.24) is 9.80 Å². The maximum absolute atomic E-state index is 12.5. The van der Waals surface area contributed by atoms with Gasteiger partial charge in [0.05, 0.1) is 6.54 Å². The Kier molecular flexibility index (Phi) is 5.81. The number of anilines is 1. The minimum Gasteiger partial charge on any atom is -0.375 e. The Morgan fingerprint density at radius 2 is 1.95 bits per heavy atom. The van der Waals surface area contributed by atoms with Crippen LogP contribution in [0.3, 0.4) is 0 Å². The first-order valence-electron chi connectivity index (χ1n) is 6.80. The van der Waals surface area contributed by atoms with E-state index in [9.17, 15) is 13.6 Å². The molecule has 1 aliphatic rings. The molecule has 0 spiro atoms. The summed E-state index contributed by atoms with van der Waals surface area (Å²) in [6.07, 6.45) is 0. The second-order valence-corrected chi connectivity index (χ2v) is 5.94. The second kappa shape index (κ2) is 7.61. The molecule has 0 unspecified atom stereocenters. The van der Waals surface area contributed by atoms with E-state index in [4.69, 9.17) is 0 Å². The van der Waals surface area contributed by atoms with Crippen LogP contribution in [0.1, 0.15) is 0 Å². The third kappa shape index (κ3) is 4.86. The SMILES string of the molecule is CN1CCN(C(=O)CNc2ccccc2SC(F)F)CC1. The summed E-state index contributed by atoms with van der Waals surface area (Å²) in [7, 11) is 2.03. The molecule has 0 bridgehead atoms. The van der Waals surface area contributed by atoms with Gasteiger partial charge < -0.3 is 15.1 Å². The number of amides is 1. The van der Waals surface area contributed by atoms with Gasteiger partial charge in [-0.3, -0.25) is 4.79 Å². The fourth-order valence-corrected chi connectivity index (χ4v) is 2.77. The van der Waals surface area contributed by atoms with Gasteiger partial charge in [-0.15, -0.1) is 0 Å². The van der Waals surface area contributed by atoms with Crippen molar-refractivity contribution >= 4 is 23.4 Å². The summed E-state index contributed by atoms with van der Waals surface area (Å²) in [5, 5.41) is 2.97. The lowest BCUT2D eigenvalue weighted by molar-refractivity contribution is -0.130. The normalized spacial score (nSPS) is 16.3. The number of hydrogen-bond acceptors (Lipinski definition) is 4. The number of carbonyl (C=O) groups is 1. The second-order valence-electron chi connectivity index (χ2n) is 4.91. The van der Waals surface area contributed by atoms with Gasteiger partial charge in [0.15, 0.2) is 0 Å². The number of likely N-dealkylation sites (N-methyl/N-ethyl adjacent to an activating group) is 1. The topological polar surface area (TPSA) is 35.6 Å². The number of nitrogens with zero attached hydrogens (tertiary/aromatic N) is 2. The average Bonchev–Trinajstić information content (AvgIpc) is 2.46. The van der Waals surface area contributed by atoms with Crippen molar-refractivity contribution in [3.63, 3.8) is 0 Å². The maximum atomic E-state index is 12.5. The van der Waals surface area contributed by atoms with Gasteiger partial charge in [0, 0.05) is 36.8 Å². The minimum atomic E-state index is -2.47. The third-order valence-electron chi connectivity index (χ3n) is 3.39. The van der Waals surface area contributed by atoms with Crippen molar-refractivity contribution in [3.8, 4) is 0 Å². The Balaban J connectivity index is 1.89. The number of hydrogen-bond donors (Lipinski definition) is 1. The van der Waals surface area contributed by atoms with Crippen LogP contribution in [0.4, 0.5) is 14.5 Å². The summed E-state index contributed by atoms with van der Waals surface area (Å²) >= 11 is 0.485. The maximum Gasteiger partial charge on any atom is 0.288 e. The largest absolute Gasteiger partial charge is 0.375 e. The van der Waals surface area contributed by atoms with E-state index in [1.807, 2.05) is 7.05 Å². The van der Waals surface area contributed by atoms with Gasteiger partial charge in [0.1, 0.15) is 0 Å². The third-order valence-corrected chi connectivity index (χ3v) is 4.18. The lowest BCUT2D eigenvalue weighted by atomic mass is 10.3. The quantitative estimate of drug-likeness (QED) is 0.845. The van der Waals surface area contributed by atoms with E-state index in [1.165, 1.54) is 0 Å². The first-order valence-corrected chi connectivity index (χ1v) is 7.68. The lowest BCUT2D eigenvalue weighted by Crippen LogP contribution is -2.48. The Labute approximate surface area is 127 Å². The minimum absolute atomic E-state index is 0.0000463. The predicted octanol–water partition coefficient (Wildman–Crippen LogP) is 2.19. The molecule has 4 nitrogen and oxygen atoms in total. The monoisotopic (exact) mass is 315 g/mol. The van der Waals surface area contributed by atoms with Gasteiger partial charge in [-0.1, -0.05) is 23.9 Å². The molecule has 1 aromatic rings.